The van der Waals surface area contributed by atoms with Crippen LogP contribution in [0, 0.1) is 5.41 Å². The number of hydrogen-bond acceptors (Lipinski definition) is 2. The van der Waals surface area contributed by atoms with Crippen molar-refractivity contribution in [3.63, 3.8) is 0 Å². The fourth-order valence-electron chi connectivity index (χ4n) is 16.0. The molecular weight excluding hydrogens is 1250 g/mol. The molecule has 0 spiro atoms. The van der Waals surface area contributed by atoms with E-state index < -0.39 is 0 Å². The first kappa shape index (κ1) is 60.9. The summed E-state index contributed by atoms with van der Waals surface area (Å²) in [6, 6.07) is 132. The third-order valence-electron chi connectivity index (χ3n) is 21.3. The van der Waals surface area contributed by atoms with Crippen molar-refractivity contribution in [3.05, 3.63) is 406 Å². The quantitative estimate of drug-likeness (QED) is 0.108. The third kappa shape index (κ3) is 11.0. The zero-order valence-corrected chi connectivity index (χ0v) is 57.0. The Morgan fingerprint density at radius 3 is 1.08 bits per heavy atom. The number of nitrogens with zero attached hydrogens (tertiary/aromatic N) is 4. The first-order chi connectivity index (χ1) is 50.9. The summed E-state index contributed by atoms with van der Waals surface area (Å²) in [4.78, 5) is 4.90. The summed E-state index contributed by atoms with van der Waals surface area (Å²) < 4.78 is 4.85. The Balaban J connectivity index is 0.668. The van der Waals surface area contributed by atoms with Crippen LogP contribution in [0.2, 0.25) is 0 Å². The minimum atomic E-state index is -0.163. The smallest absolute Gasteiger partial charge is 0.0541 e. The van der Waals surface area contributed by atoms with Gasteiger partial charge >= 0.3 is 0 Å². The second-order valence-electron chi connectivity index (χ2n) is 27.5. The van der Waals surface area contributed by atoms with Crippen LogP contribution in [0.15, 0.2) is 406 Å². The summed E-state index contributed by atoms with van der Waals surface area (Å²) in [6.45, 7) is 2.37. The van der Waals surface area contributed by atoms with Crippen molar-refractivity contribution >= 4 is 82.8 Å². The zero-order valence-electron chi connectivity index (χ0n) is 57.0. The molecule has 0 bridgehead atoms. The van der Waals surface area contributed by atoms with Crippen molar-refractivity contribution in [1.82, 2.24) is 9.13 Å². The zero-order chi connectivity index (χ0) is 68.4. The molecule has 0 N–H and O–H groups in total. The molecule has 2 aliphatic carbocycles. The minimum Gasteiger partial charge on any atom is -0.310 e. The molecule has 0 fully saturated rings. The Bertz CT molecular complexity index is 6020. The van der Waals surface area contributed by atoms with Gasteiger partial charge in [0, 0.05) is 72.2 Å². The topological polar surface area (TPSA) is 16.3 Å². The number of rotatable bonds is 14. The summed E-state index contributed by atoms with van der Waals surface area (Å²) in [5, 5.41) is 7.28. The van der Waals surface area contributed by atoms with Gasteiger partial charge < -0.3 is 18.9 Å². The first-order valence-electron chi connectivity index (χ1n) is 35.7. The fourth-order valence-corrected chi connectivity index (χ4v) is 16.0. The van der Waals surface area contributed by atoms with Crippen LogP contribution in [0.5, 0.6) is 0 Å². The van der Waals surface area contributed by atoms with E-state index in [1.807, 2.05) is 0 Å². The summed E-state index contributed by atoms with van der Waals surface area (Å²) in [6.07, 6.45) is 14.7. The molecule has 17 aromatic rings. The van der Waals surface area contributed by atoms with Gasteiger partial charge in [-0.3, -0.25) is 0 Å². The highest BCUT2D eigenvalue weighted by Gasteiger charge is 2.33. The van der Waals surface area contributed by atoms with Gasteiger partial charge in [0.1, 0.15) is 0 Å². The van der Waals surface area contributed by atoms with Crippen molar-refractivity contribution in [3.8, 4) is 78.1 Å². The van der Waals surface area contributed by atoms with Crippen LogP contribution in [0.1, 0.15) is 13.3 Å². The predicted molar refractivity (Wildman–Crippen MR) is 436 cm³/mol. The standard InChI is InChI=1S/C99H70N4/c1-99-61-17-16-34-92(99)98(36-20-62-99)101(82-51-39-73(40-52-82)75-43-55-84(56-44-75)103-96-59-47-79(70-25-10-4-11-26-70)65-90(96)91-66-80(48-60-97(91)103)71-27-12-5-13-28-71)86-32-19-31-85(67-86)100(93-35-18-30-76-29-14-15-33-87(76)93)81-49-37-72(38-50-81)74-41-53-83(54-42-74)102-94-57-45-77(68-21-6-2-7-22-68)63-88(94)89-64-78(46-58-95(89)102)69-23-8-3-9-24-69/h2-61,63-67H,62H2,1H3. The molecule has 4 nitrogen and oxygen atoms in total. The summed E-state index contributed by atoms with van der Waals surface area (Å²) in [7, 11) is 0. The fraction of sp³-hybridized carbons (Fsp3) is 0.0303. The van der Waals surface area contributed by atoms with E-state index in [1.165, 1.54) is 104 Å². The molecule has 0 saturated carbocycles. The number of allylic oxidation sites excluding steroid dienone is 7. The molecular formula is C99H70N4. The maximum absolute atomic E-state index is 2.47. The van der Waals surface area contributed by atoms with Crippen LogP contribution >= 0.6 is 0 Å². The molecule has 1 atom stereocenters. The van der Waals surface area contributed by atoms with Crippen molar-refractivity contribution in [2.24, 2.45) is 5.41 Å². The van der Waals surface area contributed by atoms with Crippen LogP contribution < -0.4 is 9.80 Å². The Morgan fingerprint density at radius 2 is 0.631 bits per heavy atom. The predicted octanol–water partition coefficient (Wildman–Crippen LogP) is 27.0. The van der Waals surface area contributed by atoms with Crippen LogP contribution in [0.3, 0.4) is 0 Å². The Kier molecular flexibility index (Phi) is 15.0. The van der Waals surface area contributed by atoms with Gasteiger partial charge in [-0.05, 0) is 212 Å². The molecule has 0 saturated heterocycles. The van der Waals surface area contributed by atoms with Crippen LogP contribution in [0.4, 0.5) is 28.4 Å². The molecule has 15 aromatic carbocycles. The SMILES string of the molecule is CC12C=CC=CC1=C(N(c1ccc(-c3ccc(-n4c5ccc(-c6ccccc6)cc5c5cc(-c6ccccc6)ccc54)cc3)cc1)c1cccc(N(c3ccc(-c4ccc(-n5c6ccc(-c7ccccc7)cc6c6cc(-c7ccccc7)ccc65)cc4)cc3)c3cccc4ccccc34)c1)C=CC2. The van der Waals surface area contributed by atoms with Gasteiger partial charge in [-0.1, -0.05) is 274 Å². The van der Waals surface area contributed by atoms with Crippen molar-refractivity contribution in [1.29, 1.82) is 0 Å². The van der Waals surface area contributed by atoms with Gasteiger partial charge in [-0.15, -0.1) is 0 Å². The number of anilines is 5. The number of hydrogen-bond donors (Lipinski definition) is 0. The molecule has 486 valence electrons. The largest absolute Gasteiger partial charge is 0.310 e. The molecule has 4 heteroatoms. The van der Waals surface area contributed by atoms with E-state index in [4.69, 9.17) is 0 Å². The third-order valence-corrected chi connectivity index (χ3v) is 21.3. The Labute approximate surface area is 600 Å². The maximum atomic E-state index is 2.47. The van der Waals surface area contributed by atoms with Gasteiger partial charge in [0.2, 0.25) is 0 Å². The lowest BCUT2D eigenvalue weighted by molar-refractivity contribution is 0.520. The molecule has 0 amide bonds. The van der Waals surface area contributed by atoms with E-state index in [0.717, 1.165) is 74.2 Å². The summed E-state index contributed by atoms with van der Waals surface area (Å²) in [5.41, 5.74) is 28.8. The monoisotopic (exact) mass is 1310 g/mol. The van der Waals surface area contributed by atoms with E-state index in [2.05, 4.69) is 420 Å². The van der Waals surface area contributed by atoms with E-state index in [-0.39, 0.29) is 5.41 Å². The molecule has 2 aliphatic rings. The van der Waals surface area contributed by atoms with E-state index in [1.54, 1.807) is 0 Å². The van der Waals surface area contributed by atoms with E-state index in [9.17, 15) is 0 Å². The maximum Gasteiger partial charge on any atom is 0.0541 e. The number of benzene rings is 15. The van der Waals surface area contributed by atoms with Gasteiger partial charge in [0.05, 0.1) is 27.8 Å². The number of fused-ring (bicyclic) bond motifs is 8. The molecule has 19 rings (SSSR count). The van der Waals surface area contributed by atoms with E-state index >= 15 is 0 Å². The average molecular weight is 1320 g/mol. The lowest BCUT2D eigenvalue weighted by Crippen LogP contribution is -2.27. The first-order valence-corrected chi connectivity index (χ1v) is 35.7. The van der Waals surface area contributed by atoms with Gasteiger partial charge in [-0.2, -0.15) is 0 Å². The lowest BCUT2D eigenvalue weighted by Gasteiger charge is -2.38. The van der Waals surface area contributed by atoms with Gasteiger partial charge in [0.25, 0.3) is 0 Å². The highest BCUT2D eigenvalue weighted by molar-refractivity contribution is 6.13. The van der Waals surface area contributed by atoms with Crippen LogP contribution in [-0.4, -0.2) is 9.13 Å². The minimum absolute atomic E-state index is 0.163. The lowest BCUT2D eigenvalue weighted by atomic mass is 9.73. The van der Waals surface area contributed by atoms with Crippen molar-refractivity contribution in [2.75, 3.05) is 9.80 Å². The molecule has 103 heavy (non-hydrogen) atoms. The Morgan fingerprint density at radius 1 is 0.272 bits per heavy atom. The summed E-state index contributed by atoms with van der Waals surface area (Å²) >= 11 is 0. The van der Waals surface area contributed by atoms with Crippen molar-refractivity contribution < 1.29 is 0 Å². The molecule has 0 radical (unpaired) electrons. The summed E-state index contributed by atoms with van der Waals surface area (Å²) in [5.74, 6) is 0. The van der Waals surface area contributed by atoms with Crippen molar-refractivity contribution in [2.45, 2.75) is 13.3 Å². The molecule has 0 aliphatic heterocycles. The van der Waals surface area contributed by atoms with Gasteiger partial charge in [-0.25, -0.2) is 0 Å². The average Bonchev–Trinajstić information content (AvgIpc) is 1.67. The Hall–Kier alpha value is -13.3. The highest BCUT2D eigenvalue weighted by Crippen LogP contribution is 2.49. The highest BCUT2D eigenvalue weighted by atomic mass is 15.2. The van der Waals surface area contributed by atoms with Crippen LogP contribution in [0.25, 0.3) is 133 Å². The number of aromatic nitrogens is 2. The molecule has 2 aromatic heterocycles. The second kappa shape index (κ2) is 25.5. The van der Waals surface area contributed by atoms with E-state index in [0.29, 0.717) is 0 Å². The second-order valence-corrected chi connectivity index (χ2v) is 27.5. The van der Waals surface area contributed by atoms with Gasteiger partial charge in [0.15, 0.2) is 0 Å². The normalized spacial score (nSPS) is 14.1. The molecule has 2 heterocycles. The van der Waals surface area contributed by atoms with Crippen LogP contribution in [-0.2, 0) is 0 Å². The molecule has 1 unspecified atom stereocenters.